The van der Waals surface area contributed by atoms with Gasteiger partial charge in [0.15, 0.2) is 5.82 Å². The van der Waals surface area contributed by atoms with Gasteiger partial charge in [-0.15, -0.1) is 11.3 Å². The Balaban J connectivity index is 1.09. The molecule has 4 heteroatoms. The van der Waals surface area contributed by atoms with E-state index < -0.39 is 0 Å². The van der Waals surface area contributed by atoms with Gasteiger partial charge in [0.25, 0.3) is 0 Å². The summed E-state index contributed by atoms with van der Waals surface area (Å²) in [7, 11) is 0. The van der Waals surface area contributed by atoms with Crippen molar-refractivity contribution in [2.24, 2.45) is 0 Å². The van der Waals surface area contributed by atoms with Gasteiger partial charge in [0.2, 0.25) is 0 Å². The number of hydrogen-bond donors (Lipinski definition) is 0. The summed E-state index contributed by atoms with van der Waals surface area (Å²) in [6.07, 6.45) is 0. The number of aromatic nitrogens is 3. The molecule has 0 radical (unpaired) electrons. The van der Waals surface area contributed by atoms with Crippen LogP contribution in [0.1, 0.15) is 0 Å². The van der Waals surface area contributed by atoms with Crippen LogP contribution in [-0.4, -0.2) is 14.5 Å². The summed E-state index contributed by atoms with van der Waals surface area (Å²) in [6.45, 7) is 0. The first kappa shape index (κ1) is 32.3. The summed E-state index contributed by atoms with van der Waals surface area (Å²) in [5.41, 5.74) is 13.1. The SMILES string of the molecule is c1ccc(-c2cccc(-c3ccc(-c4nc(-c5ccc6c(c5)sc5ccccc56)cc(-c5cccc6c5c5ccccc5n6-c5ccccc5)n4)cc3)c2)cc1. The van der Waals surface area contributed by atoms with Crippen LogP contribution in [0.5, 0.6) is 0 Å². The third-order valence-electron chi connectivity index (χ3n) is 10.8. The standard InChI is InChI=1S/C52H33N3S/c1-3-13-34(14-4-1)37-15-11-16-38(31-37)35-25-27-36(28-26-35)52-53-45(39-29-30-42-41-19-8-10-24-49(41)56-50(42)32-39)33-46(54-52)43-21-12-23-48-51(43)44-20-7-9-22-47(44)55(48)40-17-5-2-6-18-40/h1-33H. The first-order chi connectivity index (χ1) is 27.7. The molecule has 0 amide bonds. The molecule has 0 unspecified atom stereocenters. The molecule has 0 aliphatic rings. The Morgan fingerprint density at radius 1 is 0.357 bits per heavy atom. The zero-order valence-electron chi connectivity index (χ0n) is 30.3. The van der Waals surface area contributed by atoms with Crippen LogP contribution in [0.25, 0.3) is 104 Å². The van der Waals surface area contributed by atoms with E-state index >= 15 is 0 Å². The second-order valence-electron chi connectivity index (χ2n) is 14.2. The number of rotatable bonds is 6. The minimum absolute atomic E-state index is 0.697. The molecule has 8 aromatic carbocycles. The average molecular weight is 732 g/mol. The first-order valence-electron chi connectivity index (χ1n) is 18.9. The monoisotopic (exact) mass is 731 g/mol. The van der Waals surface area contributed by atoms with Crippen molar-refractivity contribution in [3.63, 3.8) is 0 Å². The first-order valence-corrected chi connectivity index (χ1v) is 19.7. The molecule has 3 heterocycles. The van der Waals surface area contributed by atoms with Gasteiger partial charge in [0.05, 0.1) is 22.4 Å². The number of thiophene rings is 1. The van der Waals surface area contributed by atoms with E-state index in [0.717, 1.165) is 50.4 Å². The normalized spacial score (nSPS) is 11.6. The molecule has 0 atom stereocenters. The smallest absolute Gasteiger partial charge is 0.160 e. The number of hydrogen-bond acceptors (Lipinski definition) is 3. The molecule has 262 valence electrons. The Hall–Kier alpha value is -7.14. The van der Waals surface area contributed by atoms with E-state index in [1.165, 1.54) is 47.6 Å². The number of nitrogens with zero attached hydrogens (tertiary/aromatic N) is 3. The summed E-state index contributed by atoms with van der Waals surface area (Å²) >= 11 is 1.83. The topological polar surface area (TPSA) is 30.7 Å². The van der Waals surface area contributed by atoms with Crippen molar-refractivity contribution in [2.75, 3.05) is 0 Å². The highest BCUT2D eigenvalue weighted by atomic mass is 32.1. The molecule has 0 bridgehead atoms. The molecule has 0 saturated carbocycles. The molecule has 11 rings (SSSR count). The molecule has 56 heavy (non-hydrogen) atoms. The summed E-state index contributed by atoms with van der Waals surface area (Å²) in [4.78, 5) is 10.7. The molecule has 0 aliphatic heterocycles. The third-order valence-corrected chi connectivity index (χ3v) is 12.0. The maximum Gasteiger partial charge on any atom is 0.160 e. The lowest BCUT2D eigenvalue weighted by Crippen LogP contribution is -1.97. The van der Waals surface area contributed by atoms with Crippen molar-refractivity contribution >= 4 is 53.3 Å². The van der Waals surface area contributed by atoms with Gasteiger partial charge >= 0.3 is 0 Å². The molecule has 0 fully saturated rings. The van der Waals surface area contributed by atoms with Crippen LogP contribution in [-0.2, 0) is 0 Å². The molecule has 0 N–H and O–H groups in total. The fourth-order valence-electron chi connectivity index (χ4n) is 8.16. The quantitative estimate of drug-likeness (QED) is 0.170. The minimum Gasteiger partial charge on any atom is -0.309 e. The van der Waals surface area contributed by atoms with Crippen molar-refractivity contribution < 1.29 is 0 Å². The lowest BCUT2D eigenvalue weighted by molar-refractivity contribution is 1.18. The van der Waals surface area contributed by atoms with Gasteiger partial charge in [-0.2, -0.15) is 0 Å². The summed E-state index contributed by atoms with van der Waals surface area (Å²) < 4.78 is 4.90. The zero-order valence-corrected chi connectivity index (χ0v) is 31.1. The molecular formula is C52H33N3S. The Morgan fingerprint density at radius 3 is 1.77 bits per heavy atom. The Labute approximate surface area is 328 Å². The molecule has 0 spiro atoms. The third kappa shape index (κ3) is 5.50. The van der Waals surface area contributed by atoms with E-state index in [1.807, 2.05) is 11.3 Å². The highest BCUT2D eigenvalue weighted by Crippen LogP contribution is 2.41. The molecule has 0 aliphatic carbocycles. The molecular weight excluding hydrogens is 699 g/mol. The van der Waals surface area contributed by atoms with Gasteiger partial charge < -0.3 is 4.57 Å². The molecule has 0 saturated heterocycles. The van der Waals surface area contributed by atoms with Crippen LogP contribution in [0.4, 0.5) is 0 Å². The Bertz CT molecular complexity index is 3230. The second kappa shape index (κ2) is 13.3. The van der Waals surface area contributed by atoms with Crippen LogP contribution >= 0.6 is 11.3 Å². The van der Waals surface area contributed by atoms with Crippen LogP contribution in [0.2, 0.25) is 0 Å². The maximum absolute atomic E-state index is 5.37. The summed E-state index contributed by atoms with van der Waals surface area (Å²) in [5.74, 6) is 0.697. The predicted molar refractivity (Wildman–Crippen MR) is 236 cm³/mol. The number of para-hydroxylation sites is 2. The van der Waals surface area contributed by atoms with E-state index in [-0.39, 0.29) is 0 Å². The highest BCUT2D eigenvalue weighted by molar-refractivity contribution is 7.25. The largest absolute Gasteiger partial charge is 0.309 e. The lowest BCUT2D eigenvalue weighted by atomic mass is 9.98. The van der Waals surface area contributed by atoms with E-state index in [1.54, 1.807) is 0 Å². The van der Waals surface area contributed by atoms with Crippen molar-refractivity contribution in [1.29, 1.82) is 0 Å². The Morgan fingerprint density at radius 2 is 0.946 bits per heavy atom. The molecule has 3 aromatic heterocycles. The van der Waals surface area contributed by atoms with Crippen molar-refractivity contribution in [3.8, 4) is 61.8 Å². The van der Waals surface area contributed by atoms with Crippen LogP contribution in [0.3, 0.4) is 0 Å². The van der Waals surface area contributed by atoms with Crippen molar-refractivity contribution in [3.05, 3.63) is 200 Å². The molecule has 3 nitrogen and oxygen atoms in total. The van der Waals surface area contributed by atoms with Gasteiger partial charge in [-0.05, 0) is 70.8 Å². The van der Waals surface area contributed by atoms with Crippen LogP contribution in [0, 0.1) is 0 Å². The highest BCUT2D eigenvalue weighted by Gasteiger charge is 2.19. The molecule has 11 aromatic rings. The van der Waals surface area contributed by atoms with E-state index in [0.29, 0.717) is 5.82 Å². The van der Waals surface area contributed by atoms with Gasteiger partial charge in [-0.25, -0.2) is 9.97 Å². The minimum atomic E-state index is 0.697. The summed E-state index contributed by atoms with van der Waals surface area (Å²) in [6, 6.07) is 71.4. The van der Waals surface area contributed by atoms with E-state index in [9.17, 15) is 0 Å². The predicted octanol–water partition coefficient (Wildman–Crippen LogP) is 14.3. The zero-order chi connectivity index (χ0) is 37.0. The number of fused-ring (bicyclic) bond motifs is 6. The van der Waals surface area contributed by atoms with Crippen molar-refractivity contribution in [2.45, 2.75) is 0 Å². The fourth-order valence-corrected chi connectivity index (χ4v) is 9.30. The number of benzene rings is 8. The van der Waals surface area contributed by atoms with Gasteiger partial charge in [0, 0.05) is 53.3 Å². The lowest BCUT2D eigenvalue weighted by Gasteiger charge is -2.12. The van der Waals surface area contributed by atoms with Crippen LogP contribution < -0.4 is 0 Å². The van der Waals surface area contributed by atoms with Crippen LogP contribution in [0.15, 0.2) is 200 Å². The average Bonchev–Trinajstić information content (AvgIpc) is 3.82. The summed E-state index contributed by atoms with van der Waals surface area (Å²) in [5, 5.41) is 4.93. The van der Waals surface area contributed by atoms with Gasteiger partial charge in [-0.3, -0.25) is 0 Å². The van der Waals surface area contributed by atoms with Gasteiger partial charge in [0.1, 0.15) is 0 Å². The maximum atomic E-state index is 5.37. The second-order valence-corrected chi connectivity index (χ2v) is 15.3. The van der Waals surface area contributed by atoms with E-state index in [2.05, 4.69) is 205 Å². The fraction of sp³-hybridized carbons (Fsp3) is 0. The Kier molecular flexibility index (Phi) is 7.68. The van der Waals surface area contributed by atoms with E-state index in [4.69, 9.17) is 9.97 Å². The van der Waals surface area contributed by atoms with Crippen molar-refractivity contribution in [1.82, 2.24) is 14.5 Å². The van der Waals surface area contributed by atoms with Gasteiger partial charge in [-0.1, -0.05) is 152 Å².